The molecule has 2 rings (SSSR count). The Hall–Kier alpha value is -1.75. The molecule has 1 aliphatic heterocycles. The smallest absolute Gasteiger partial charge is 0.234 e. The molecule has 0 saturated heterocycles. The maximum Gasteiger partial charge on any atom is 0.234 e. The highest BCUT2D eigenvalue weighted by atomic mass is 16.7. The van der Waals surface area contributed by atoms with Crippen LogP contribution in [0.15, 0.2) is 18.2 Å². The van der Waals surface area contributed by atoms with Gasteiger partial charge in [-0.25, -0.2) is 0 Å². The van der Waals surface area contributed by atoms with Gasteiger partial charge in [0.2, 0.25) is 12.7 Å². The van der Waals surface area contributed by atoms with Crippen LogP contribution in [0.1, 0.15) is 26.3 Å². The van der Waals surface area contributed by atoms with Crippen molar-refractivity contribution in [3.05, 3.63) is 23.8 Å². The Morgan fingerprint density at radius 1 is 1.32 bits per heavy atom. The number of amides is 1. The molecule has 5 nitrogen and oxygen atoms in total. The number of hydrogen-bond acceptors (Lipinski definition) is 4. The third-order valence-electron chi connectivity index (χ3n) is 2.59. The van der Waals surface area contributed by atoms with Crippen LogP contribution in [0.5, 0.6) is 11.5 Å². The number of ether oxygens (including phenoxy) is 2. The van der Waals surface area contributed by atoms with Gasteiger partial charge >= 0.3 is 0 Å². The molecule has 1 amide bonds. The second kappa shape index (κ2) is 5.48. The Labute approximate surface area is 113 Å². The molecule has 0 radical (unpaired) electrons. The fourth-order valence-electron chi connectivity index (χ4n) is 1.90. The van der Waals surface area contributed by atoms with Crippen LogP contribution in [0.25, 0.3) is 0 Å². The summed E-state index contributed by atoms with van der Waals surface area (Å²) in [6, 6.07) is 5.75. The molecule has 0 unspecified atom stereocenters. The number of para-hydroxylation sites is 1. The quantitative estimate of drug-likeness (QED) is 0.863. The average Bonchev–Trinajstić information content (AvgIpc) is 2.75. The minimum absolute atomic E-state index is 0.0164. The third kappa shape index (κ3) is 3.86. The fourth-order valence-corrected chi connectivity index (χ4v) is 1.90. The van der Waals surface area contributed by atoms with Gasteiger partial charge in [-0.15, -0.1) is 0 Å². The Kier molecular flexibility index (Phi) is 3.95. The highest BCUT2D eigenvalue weighted by molar-refractivity contribution is 5.78. The number of carbonyl (C=O) groups excluding carboxylic acids is 1. The van der Waals surface area contributed by atoms with E-state index in [9.17, 15) is 4.79 Å². The zero-order valence-electron chi connectivity index (χ0n) is 11.6. The number of fused-ring (bicyclic) bond motifs is 1. The first-order valence-corrected chi connectivity index (χ1v) is 6.35. The summed E-state index contributed by atoms with van der Waals surface area (Å²) in [6.45, 7) is 6.99. The van der Waals surface area contributed by atoms with Crippen molar-refractivity contribution >= 4 is 5.91 Å². The summed E-state index contributed by atoms with van der Waals surface area (Å²) in [7, 11) is 0. The molecule has 2 N–H and O–H groups in total. The molecule has 5 heteroatoms. The monoisotopic (exact) mass is 264 g/mol. The number of benzene rings is 1. The van der Waals surface area contributed by atoms with Gasteiger partial charge in [0.15, 0.2) is 11.5 Å². The first-order chi connectivity index (χ1) is 8.96. The molecule has 0 aliphatic carbocycles. The molecule has 0 spiro atoms. The van der Waals surface area contributed by atoms with Gasteiger partial charge < -0.3 is 20.1 Å². The summed E-state index contributed by atoms with van der Waals surface area (Å²) in [5, 5.41) is 6.01. The van der Waals surface area contributed by atoms with E-state index in [0.717, 1.165) is 17.1 Å². The van der Waals surface area contributed by atoms with Crippen molar-refractivity contribution in [3.63, 3.8) is 0 Å². The van der Waals surface area contributed by atoms with Crippen molar-refractivity contribution in [2.24, 2.45) is 0 Å². The van der Waals surface area contributed by atoms with Crippen molar-refractivity contribution in [1.29, 1.82) is 0 Å². The normalized spacial score (nSPS) is 13.4. The molecule has 19 heavy (non-hydrogen) atoms. The van der Waals surface area contributed by atoms with E-state index in [1.54, 1.807) is 0 Å². The van der Waals surface area contributed by atoms with Crippen molar-refractivity contribution < 1.29 is 14.3 Å². The van der Waals surface area contributed by atoms with E-state index >= 15 is 0 Å². The number of carbonyl (C=O) groups is 1. The lowest BCUT2D eigenvalue weighted by molar-refractivity contribution is -0.121. The van der Waals surface area contributed by atoms with Crippen LogP contribution in [0.3, 0.4) is 0 Å². The summed E-state index contributed by atoms with van der Waals surface area (Å²) >= 11 is 0. The van der Waals surface area contributed by atoms with Crippen LogP contribution >= 0.6 is 0 Å². The predicted molar refractivity (Wildman–Crippen MR) is 72.2 cm³/mol. The lowest BCUT2D eigenvalue weighted by atomic mass is 10.1. The van der Waals surface area contributed by atoms with Crippen LogP contribution in [0, 0.1) is 0 Å². The van der Waals surface area contributed by atoms with E-state index in [-0.39, 0.29) is 24.8 Å². The van der Waals surface area contributed by atoms with Crippen molar-refractivity contribution in [1.82, 2.24) is 10.6 Å². The molecule has 0 fully saturated rings. The lowest BCUT2D eigenvalue weighted by Gasteiger charge is -2.20. The predicted octanol–water partition coefficient (Wildman–Crippen LogP) is 1.42. The van der Waals surface area contributed by atoms with Gasteiger partial charge in [0.25, 0.3) is 0 Å². The van der Waals surface area contributed by atoms with Gasteiger partial charge in [0.05, 0.1) is 6.54 Å². The van der Waals surface area contributed by atoms with Crippen LogP contribution in [-0.2, 0) is 11.3 Å². The van der Waals surface area contributed by atoms with Gasteiger partial charge in [0.1, 0.15) is 0 Å². The molecular formula is C14H20N2O3. The lowest BCUT2D eigenvalue weighted by Crippen LogP contribution is -2.44. The van der Waals surface area contributed by atoms with Crippen molar-refractivity contribution in [2.45, 2.75) is 32.9 Å². The van der Waals surface area contributed by atoms with E-state index in [0.29, 0.717) is 6.54 Å². The molecule has 1 aromatic carbocycles. The summed E-state index contributed by atoms with van der Waals surface area (Å²) < 4.78 is 10.7. The molecular weight excluding hydrogens is 244 g/mol. The summed E-state index contributed by atoms with van der Waals surface area (Å²) in [6.07, 6.45) is 0. The van der Waals surface area contributed by atoms with E-state index in [1.807, 2.05) is 39.0 Å². The van der Waals surface area contributed by atoms with E-state index in [1.165, 1.54) is 0 Å². The largest absolute Gasteiger partial charge is 0.454 e. The topological polar surface area (TPSA) is 59.6 Å². The van der Waals surface area contributed by atoms with E-state index in [2.05, 4.69) is 10.6 Å². The molecule has 104 valence electrons. The summed E-state index contributed by atoms with van der Waals surface area (Å²) in [4.78, 5) is 11.7. The maximum absolute atomic E-state index is 11.7. The van der Waals surface area contributed by atoms with Gasteiger partial charge in [-0.2, -0.15) is 0 Å². The second-order valence-corrected chi connectivity index (χ2v) is 5.55. The molecule has 0 aromatic heterocycles. The Morgan fingerprint density at radius 2 is 2.11 bits per heavy atom. The second-order valence-electron chi connectivity index (χ2n) is 5.55. The highest BCUT2D eigenvalue weighted by Gasteiger charge is 2.17. The van der Waals surface area contributed by atoms with Crippen LogP contribution in [0.4, 0.5) is 0 Å². The third-order valence-corrected chi connectivity index (χ3v) is 2.59. The first kappa shape index (κ1) is 13.7. The SMILES string of the molecule is CC(C)(C)NC(=O)CNCc1cccc2c1OCO2. The molecule has 0 bridgehead atoms. The van der Waals surface area contributed by atoms with Crippen molar-refractivity contribution in [3.8, 4) is 11.5 Å². The summed E-state index contributed by atoms with van der Waals surface area (Å²) in [5.74, 6) is 1.52. The molecule has 0 saturated carbocycles. The zero-order valence-corrected chi connectivity index (χ0v) is 11.6. The van der Waals surface area contributed by atoms with Crippen LogP contribution < -0.4 is 20.1 Å². The Morgan fingerprint density at radius 3 is 2.84 bits per heavy atom. The molecule has 1 heterocycles. The average molecular weight is 264 g/mol. The molecule has 1 aliphatic rings. The number of nitrogens with one attached hydrogen (secondary N) is 2. The van der Waals surface area contributed by atoms with Crippen molar-refractivity contribution in [2.75, 3.05) is 13.3 Å². The number of hydrogen-bond donors (Lipinski definition) is 2. The fraction of sp³-hybridized carbons (Fsp3) is 0.500. The molecule has 1 aromatic rings. The first-order valence-electron chi connectivity index (χ1n) is 6.35. The van der Waals surface area contributed by atoms with Crippen LogP contribution in [0.2, 0.25) is 0 Å². The maximum atomic E-state index is 11.7. The zero-order chi connectivity index (χ0) is 13.9. The van der Waals surface area contributed by atoms with Gasteiger partial charge in [0, 0.05) is 17.6 Å². The minimum atomic E-state index is -0.205. The number of rotatable bonds is 4. The van der Waals surface area contributed by atoms with Crippen LogP contribution in [-0.4, -0.2) is 24.8 Å². The van der Waals surface area contributed by atoms with E-state index in [4.69, 9.17) is 9.47 Å². The highest BCUT2D eigenvalue weighted by Crippen LogP contribution is 2.35. The Bertz CT molecular complexity index is 466. The Balaban J connectivity index is 1.84. The summed E-state index contributed by atoms with van der Waals surface area (Å²) in [5.41, 5.74) is 0.794. The van der Waals surface area contributed by atoms with Gasteiger partial charge in [-0.05, 0) is 26.8 Å². The minimum Gasteiger partial charge on any atom is -0.454 e. The standard InChI is InChI=1S/C14H20N2O3/c1-14(2,3)16-12(17)8-15-7-10-5-4-6-11-13(10)19-9-18-11/h4-6,15H,7-9H2,1-3H3,(H,16,17). The van der Waals surface area contributed by atoms with Gasteiger partial charge in [-0.1, -0.05) is 12.1 Å². The van der Waals surface area contributed by atoms with Gasteiger partial charge in [-0.3, -0.25) is 4.79 Å². The van der Waals surface area contributed by atoms with E-state index < -0.39 is 0 Å². The molecule has 0 atom stereocenters.